The summed E-state index contributed by atoms with van der Waals surface area (Å²) in [5, 5.41) is 31.5. The Labute approximate surface area is 181 Å². The average Bonchev–Trinajstić information content (AvgIpc) is 3.29. The van der Waals surface area contributed by atoms with Gasteiger partial charge in [0.1, 0.15) is 6.10 Å². The Kier molecular flexibility index (Phi) is 7.71. The third-order valence-corrected chi connectivity index (χ3v) is 7.16. The van der Waals surface area contributed by atoms with Gasteiger partial charge in [-0.1, -0.05) is 23.8 Å². The van der Waals surface area contributed by atoms with Gasteiger partial charge in [-0.05, 0) is 44.9 Å². The van der Waals surface area contributed by atoms with E-state index in [2.05, 4.69) is 0 Å². The van der Waals surface area contributed by atoms with E-state index in [-0.39, 0.29) is 29.8 Å². The largest absolute Gasteiger partial charge is 0.487 e. The molecule has 2 aliphatic heterocycles. The fourth-order valence-electron chi connectivity index (χ4n) is 3.95. The van der Waals surface area contributed by atoms with Gasteiger partial charge < -0.3 is 29.5 Å². The zero-order chi connectivity index (χ0) is 22.0. The average molecular weight is 441 g/mol. The first-order valence-corrected chi connectivity index (χ1v) is 11.2. The molecule has 168 valence electrons. The SMILES string of the molecule is COc1ccc(C(=O)/C=C(\C)C[C@@H]2OC[C@H](C[C@@H]3O[C@H]3[C@@H](C)[C@H](C)O)[C@@H](O)[C@H]2O)s1. The minimum Gasteiger partial charge on any atom is -0.487 e. The van der Waals surface area contributed by atoms with Crippen LogP contribution in [0.15, 0.2) is 23.8 Å². The van der Waals surface area contributed by atoms with Gasteiger partial charge in [0.25, 0.3) is 0 Å². The van der Waals surface area contributed by atoms with Crippen LogP contribution in [0.4, 0.5) is 0 Å². The number of allylic oxidation sites excluding steroid dienone is 1. The van der Waals surface area contributed by atoms with Gasteiger partial charge in [-0.15, -0.1) is 0 Å². The van der Waals surface area contributed by atoms with Crippen molar-refractivity contribution in [1.82, 2.24) is 0 Å². The minimum atomic E-state index is -1.03. The Morgan fingerprint density at radius 1 is 1.30 bits per heavy atom. The van der Waals surface area contributed by atoms with Gasteiger partial charge in [0, 0.05) is 11.8 Å². The molecule has 0 unspecified atom stereocenters. The van der Waals surface area contributed by atoms with Crippen molar-refractivity contribution in [3.8, 4) is 5.06 Å². The lowest BCUT2D eigenvalue weighted by molar-refractivity contribution is -0.165. The first-order chi connectivity index (χ1) is 14.2. The van der Waals surface area contributed by atoms with Crippen molar-refractivity contribution in [1.29, 1.82) is 0 Å². The number of carbonyl (C=O) groups is 1. The predicted molar refractivity (Wildman–Crippen MR) is 113 cm³/mol. The van der Waals surface area contributed by atoms with Gasteiger partial charge in [0.2, 0.25) is 0 Å². The van der Waals surface area contributed by atoms with E-state index in [4.69, 9.17) is 14.2 Å². The summed E-state index contributed by atoms with van der Waals surface area (Å²) in [5.41, 5.74) is 0.776. The molecule has 0 aromatic carbocycles. The number of rotatable bonds is 9. The van der Waals surface area contributed by atoms with Crippen LogP contribution in [0.5, 0.6) is 5.06 Å². The molecule has 0 spiro atoms. The number of carbonyl (C=O) groups excluding carboxylic acids is 1. The summed E-state index contributed by atoms with van der Waals surface area (Å²) in [6, 6.07) is 3.48. The van der Waals surface area contributed by atoms with Crippen LogP contribution < -0.4 is 4.74 Å². The maximum atomic E-state index is 12.4. The van der Waals surface area contributed by atoms with E-state index in [1.165, 1.54) is 11.3 Å². The number of ketones is 1. The normalized spacial score (nSPS) is 33.8. The van der Waals surface area contributed by atoms with E-state index in [0.717, 1.165) is 5.57 Å². The van der Waals surface area contributed by atoms with E-state index in [1.54, 1.807) is 32.2 Å². The Morgan fingerprint density at radius 2 is 2.03 bits per heavy atom. The van der Waals surface area contributed by atoms with Gasteiger partial charge in [-0.3, -0.25) is 4.79 Å². The highest BCUT2D eigenvalue weighted by atomic mass is 32.1. The lowest BCUT2D eigenvalue weighted by Gasteiger charge is -2.38. The van der Waals surface area contributed by atoms with Crippen LogP contribution in [0.3, 0.4) is 0 Å². The number of aliphatic hydroxyl groups is 3. The van der Waals surface area contributed by atoms with Gasteiger partial charge >= 0.3 is 0 Å². The standard InChI is InChI=1S/C22H32O7S/c1-11(7-15(24)18-5-6-19(27-4)30-18)8-16-21(26)20(25)14(10-28-16)9-17-22(29-17)12(2)13(3)23/h5-7,12-14,16-17,20-23,25-26H,8-10H2,1-4H3/b11-7+/t12-,13-,14-,16-,17-,20+,21-,22-/m0/s1. The van der Waals surface area contributed by atoms with E-state index in [1.807, 2.05) is 13.8 Å². The molecule has 0 aliphatic carbocycles. The molecule has 3 rings (SSSR count). The van der Waals surface area contributed by atoms with Crippen molar-refractivity contribution in [2.45, 2.75) is 70.2 Å². The summed E-state index contributed by atoms with van der Waals surface area (Å²) in [6.45, 7) is 5.82. The third-order valence-electron chi connectivity index (χ3n) is 6.10. The molecule has 0 amide bonds. The minimum absolute atomic E-state index is 0.0147. The van der Waals surface area contributed by atoms with Crippen LogP contribution in [0, 0.1) is 11.8 Å². The number of thiophene rings is 1. The second kappa shape index (κ2) is 9.89. The Bertz CT molecular complexity index is 758. The molecule has 1 aromatic heterocycles. The fourth-order valence-corrected chi connectivity index (χ4v) is 4.68. The van der Waals surface area contributed by atoms with Gasteiger partial charge in [-0.2, -0.15) is 0 Å². The molecule has 8 heteroatoms. The smallest absolute Gasteiger partial charge is 0.195 e. The molecular weight excluding hydrogens is 408 g/mol. The van der Waals surface area contributed by atoms with E-state index >= 15 is 0 Å². The van der Waals surface area contributed by atoms with Crippen molar-refractivity contribution in [3.05, 3.63) is 28.7 Å². The highest BCUT2D eigenvalue weighted by Gasteiger charge is 2.48. The van der Waals surface area contributed by atoms with E-state index in [0.29, 0.717) is 29.4 Å². The highest BCUT2D eigenvalue weighted by Crippen LogP contribution is 2.38. The summed E-state index contributed by atoms with van der Waals surface area (Å²) < 4.78 is 16.6. The summed E-state index contributed by atoms with van der Waals surface area (Å²) in [7, 11) is 1.56. The van der Waals surface area contributed by atoms with Crippen molar-refractivity contribution in [3.63, 3.8) is 0 Å². The Morgan fingerprint density at radius 3 is 2.67 bits per heavy atom. The van der Waals surface area contributed by atoms with Crippen molar-refractivity contribution >= 4 is 17.1 Å². The zero-order valence-corrected chi connectivity index (χ0v) is 18.7. The number of hydrogen-bond acceptors (Lipinski definition) is 8. The van der Waals surface area contributed by atoms with Gasteiger partial charge in [-0.25, -0.2) is 0 Å². The molecule has 7 nitrogen and oxygen atoms in total. The van der Waals surface area contributed by atoms with Crippen LogP contribution in [0.25, 0.3) is 0 Å². The number of ether oxygens (including phenoxy) is 3. The summed E-state index contributed by atoms with van der Waals surface area (Å²) in [5.74, 6) is -0.311. The Hall–Kier alpha value is -1.29. The second-order valence-electron chi connectivity index (χ2n) is 8.47. The van der Waals surface area contributed by atoms with Crippen LogP contribution in [-0.4, -0.2) is 71.4 Å². The monoisotopic (exact) mass is 440 g/mol. The highest BCUT2D eigenvalue weighted by molar-refractivity contribution is 7.15. The molecular formula is C22H32O7S. The van der Waals surface area contributed by atoms with E-state index in [9.17, 15) is 20.1 Å². The molecule has 0 saturated carbocycles. The maximum Gasteiger partial charge on any atom is 0.195 e. The first-order valence-electron chi connectivity index (χ1n) is 10.4. The predicted octanol–water partition coefficient (Wildman–Crippen LogP) is 2.19. The van der Waals surface area contributed by atoms with Gasteiger partial charge in [0.15, 0.2) is 10.8 Å². The molecule has 0 radical (unpaired) electrons. The van der Waals surface area contributed by atoms with Crippen molar-refractivity contribution in [2.75, 3.05) is 13.7 Å². The first kappa shape index (κ1) is 23.4. The summed E-state index contributed by atoms with van der Waals surface area (Å²) in [4.78, 5) is 13.0. The number of aliphatic hydroxyl groups excluding tert-OH is 3. The second-order valence-corrected chi connectivity index (χ2v) is 9.52. The summed E-state index contributed by atoms with van der Waals surface area (Å²) >= 11 is 1.28. The Balaban J connectivity index is 1.51. The molecule has 3 heterocycles. The molecule has 8 atom stereocenters. The van der Waals surface area contributed by atoms with Crippen LogP contribution in [0.1, 0.15) is 43.3 Å². The third kappa shape index (κ3) is 5.49. The lowest BCUT2D eigenvalue weighted by Crippen LogP contribution is -2.50. The molecule has 2 aliphatic rings. The molecule has 30 heavy (non-hydrogen) atoms. The molecule has 1 aromatic rings. The van der Waals surface area contributed by atoms with E-state index < -0.39 is 24.4 Å². The fraction of sp³-hybridized carbons (Fsp3) is 0.682. The maximum absolute atomic E-state index is 12.4. The van der Waals surface area contributed by atoms with Crippen LogP contribution in [-0.2, 0) is 9.47 Å². The molecule has 0 bridgehead atoms. The number of hydrogen-bond donors (Lipinski definition) is 3. The molecule has 3 N–H and O–H groups in total. The van der Waals surface area contributed by atoms with Gasteiger partial charge in [0.05, 0.1) is 49.1 Å². The van der Waals surface area contributed by atoms with Crippen LogP contribution >= 0.6 is 11.3 Å². The quantitative estimate of drug-likeness (QED) is 0.307. The molecule has 2 saturated heterocycles. The molecule has 2 fully saturated rings. The topological polar surface area (TPSA) is 109 Å². The number of methoxy groups -OCH3 is 1. The summed E-state index contributed by atoms with van der Waals surface area (Å²) in [6.07, 6.45) is -0.514. The zero-order valence-electron chi connectivity index (χ0n) is 17.9. The van der Waals surface area contributed by atoms with Crippen LogP contribution in [0.2, 0.25) is 0 Å². The van der Waals surface area contributed by atoms with Crippen molar-refractivity contribution < 1.29 is 34.3 Å². The lowest BCUT2D eigenvalue weighted by atomic mass is 9.85. The number of epoxide rings is 1. The van der Waals surface area contributed by atoms with Crippen molar-refractivity contribution in [2.24, 2.45) is 11.8 Å².